The number of imidazole rings is 2. The maximum Gasteiger partial charge on any atom is 0.169 e. The number of fused-ring (bicyclic) bond motifs is 2. The first-order chi connectivity index (χ1) is 13.7. The van der Waals surface area contributed by atoms with Gasteiger partial charge in [-0.1, -0.05) is 61.6 Å². The summed E-state index contributed by atoms with van der Waals surface area (Å²) >= 11 is 3.42. The van der Waals surface area contributed by atoms with E-state index >= 15 is 0 Å². The van der Waals surface area contributed by atoms with Crippen LogP contribution in [0.3, 0.4) is 0 Å². The normalized spacial score (nSPS) is 11.9. The number of benzene rings is 2. The molecule has 0 spiro atoms. The van der Waals surface area contributed by atoms with Gasteiger partial charge in [-0.2, -0.15) is 0 Å². The van der Waals surface area contributed by atoms with Crippen molar-refractivity contribution in [3.63, 3.8) is 0 Å². The Morgan fingerprint density at radius 3 is 1.64 bits per heavy atom. The highest BCUT2D eigenvalue weighted by Crippen LogP contribution is 2.26. The maximum atomic E-state index is 11.0. The predicted octanol–water partition coefficient (Wildman–Crippen LogP) is 4.67. The van der Waals surface area contributed by atoms with Crippen LogP contribution in [0.1, 0.15) is 13.8 Å². The quantitative estimate of drug-likeness (QED) is 0.426. The zero-order chi connectivity index (χ0) is 19.5. The van der Waals surface area contributed by atoms with Gasteiger partial charge in [0.15, 0.2) is 10.3 Å². The van der Waals surface area contributed by atoms with Crippen molar-refractivity contribution in [1.82, 2.24) is 19.1 Å². The van der Waals surface area contributed by atoms with E-state index in [1.54, 1.807) is 23.5 Å². The molecule has 0 aliphatic carbocycles. The Balaban J connectivity index is 1.64. The predicted molar refractivity (Wildman–Crippen MR) is 118 cm³/mol. The van der Waals surface area contributed by atoms with Crippen LogP contribution in [-0.4, -0.2) is 41.8 Å². The molecule has 0 fully saturated rings. The largest absolute Gasteiger partial charge is 0.389 e. The lowest BCUT2D eigenvalue weighted by Crippen LogP contribution is -2.23. The van der Waals surface area contributed by atoms with Crippen LogP contribution in [0.2, 0.25) is 0 Å². The number of aromatic nitrogens is 4. The lowest BCUT2D eigenvalue weighted by atomic mass is 10.3. The standard InChI is InChI=1S/C21H24N4OS2/c1-3-27-20-22-16-9-5-7-11-18(16)24(20)13-15(26)14-25-19-12-8-6-10-17(19)23-21(25)28-4-2/h5-12,15,26H,3-4,13-14H2,1-2H3. The van der Waals surface area contributed by atoms with Crippen LogP contribution in [0.15, 0.2) is 58.8 Å². The van der Waals surface area contributed by atoms with Crippen LogP contribution in [0, 0.1) is 0 Å². The topological polar surface area (TPSA) is 55.9 Å². The van der Waals surface area contributed by atoms with Crippen LogP contribution >= 0.6 is 23.5 Å². The minimum Gasteiger partial charge on any atom is -0.389 e. The molecule has 0 bridgehead atoms. The zero-order valence-corrected chi connectivity index (χ0v) is 17.7. The zero-order valence-electron chi connectivity index (χ0n) is 16.1. The second kappa shape index (κ2) is 8.59. The molecule has 2 heterocycles. The van der Waals surface area contributed by atoms with Crippen LogP contribution in [0.25, 0.3) is 22.1 Å². The number of para-hydroxylation sites is 4. The summed E-state index contributed by atoms with van der Waals surface area (Å²) in [5, 5.41) is 12.9. The van der Waals surface area contributed by atoms with E-state index < -0.39 is 6.10 Å². The number of hydrogen-bond acceptors (Lipinski definition) is 5. The molecule has 0 unspecified atom stereocenters. The molecule has 0 atom stereocenters. The molecule has 4 aromatic rings. The molecular weight excluding hydrogens is 388 g/mol. The molecule has 0 amide bonds. The Morgan fingerprint density at radius 2 is 1.21 bits per heavy atom. The molecule has 4 rings (SSSR count). The maximum absolute atomic E-state index is 11.0. The lowest BCUT2D eigenvalue weighted by Gasteiger charge is -2.17. The van der Waals surface area contributed by atoms with Gasteiger partial charge in [-0.25, -0.2) is 9.97 Å². The Bertz CT molecular complexity index is 1000. The van der Waals surface area contributed by atoms with Gasteiger partial charge in [0.2, 0.25) is 0 Å². The first-order valence-corrected chi connectivity index (χ1v) is 11.5. The van der Waals surface area contributed by atoms with E-state index in [1.165, 1.54) is 0 Å². The van der Waals surface area contributed by atoms with Gasteiger partial charge in [0.1, 0.15) is 0 Å². The molecule has 1 N–H and O–H groups in total. The van der Waals surface area contributed by atoms with Crippen molar-refractivity contribution in [3.8, 4) is 0 Å². The Hall–Kier alpha value is -1.96. The molecule has 0 radical (unpaired) electrons. The molecule has 0 aliphatic rings. The average molecular weight is 413 g/mol. The number of aliphatic hydroxyl groups is 1. The minimum absolute atomic E-state index is 0.506. The molecule has 146 valence electrons. The molecule has 7 heteroatoms. The van der Waals surface area contributed by atoms with Crippen molar-refractivity contribution in [3.05, 3.63) is 48.5 Å². The van der Waals surface area contributed by atoms with Crippen molar-refractivity contribution in [1.29, 1.82) is 0 Å². The molecule has 28 heavy (non-hydrogen) atoms. The van der Waals surface area contributed by atoms with Crippen molar-refractivity contribution in [2.45, 2.75) is 43.4 Å². The minimum atomic E-state index is -0.539. The SMILES string of the molecule is CCSc1nc2ccccc2n1CC(O)Cn1c(SCC)nc2ccccc21. The van der Waals surface area contributed by atoms with Gasteiger partial charge in [0.25, 0.3) is 0 Å². The van der Waals surface area contributed by atoms with Crippen molar-refractivity contribution < 1.29 is 5.11 Å². The Kier molecular flexibility index (Phi) is 5.94. The molecule has 5 nitrogen and oxygen atoms in total. The molecule has 0 saturated heterocycles. The van der Waals surface area contributed by atoms with Gasteiger partial charge in [-0.15, -0.1) is 0 Å². The van der Waals surface area contributed by atoms with Gasteiger partial charge in [0.05, 0.1) is 41.3 Å². The summed E-state index contributed by atoms with van der Waals surface area (Å²) in [6.45, 7) is 5.25. The third-order valence-electron chi connectivity index (χ3n) is 4.57. The Morgan fingerprint density at radius 1 is 0.786 bits per heavy atom. The third kappa shape index (κ3) is 3.79. The van der Waals surface area contributed by atoms with E-state index in [2.05, 4.69) is 35.1 Å². The number of rotatable bonds is 8. The van der Waals surface area contributed by atoms with E-state index in [1.807, 2.05) is 36.4 Å². The van der Waals surface area contributed by atoms with Crippen molar-refractivity contribution >= 4 is 45.6 Å². The van der Waals surface area contributed by atoms with Crippen LogP contribution < -0.4 is 0 Å². The summed E-state index contributed by atoms with van der Waals surface area (Å²) in [5.41, 5.74) is 4.08. The van der Waals surface area contributed by atoms with Crippen molar-refractivity contribution in [2.24, 2.45) is 0 Å². The summed E-state index contributed by atoms with van der Waals surface area (Å²) in [6, 6.07) is 16.2. The van der Waals surface area contributed by atoms with Gasteiger partial charge < -0.3 is 14.2 Å². The van der Waals surface area contributed by atoms with Gasteiger partial charge in [-0.3, -0.25) is 0 Å². The Labute approximate surface area is 173 Å². The monoisotopic (exact) mass is 412 g/mol. The fourth-order valence-electron chi connectivity index (χ4n) is 3.42. The highest BCUT2D eigenvalue weighted by atomic mass is 32.2. The van der Waals surface area contributed by atoms with E-state index in [4.69, 9.17) is 9.97 Å². The number of hydrogen-bond donors (Lipinski definition) is 1. The molecular formula is C21H24N4OS2. The molecule has 2 aromatic carbocycles. The highest BCUT2D eigenvalue weighted by Gasteiger charge is 2.18. The van der Waals surface area contributed by atoms with E-state index in [9.17, 15) is 5.11 Å². The van der Waals surface area contributed by atoms with Gasteiger partial charge in [-0.05, 0) is 35.8 Å². The van der Waals surface area contributed by atoms with Crippen LogP contribution in [0.5, 0.6) is 0 Å². The highest BCUT2D eigenvalue weighted by molar-refractivity contribution is 7.99. The summed E-state index contributed by atoms with van der Waals surface area (Å²) in [7, 11) is 0. The summed E-state index contributed by atoms with van der Waals surface area (Å²) in [5.74, 6) is 1.89. The van der Waals surface area contributed by atoms with Crippen molar-refractivity contribution in [2.75, 3.05) is 11.5 Å². The summed E-state index contributed by atoms with van der Waals surface area (Å²) in [6.07, 6.45) is -0.539. The van der Waals surface area contributed by atoms with Crippen LogP contribution in [0.4, 0.5) is 0 Å². The fourth-order valence-corrected chi connectivity index (χ4v) is 4.92. The van der Waals surface area contributed by atoms with Gasteiger partial charge >= 0.3 is 0 Å². The number of aliphatic hydroxyl groups excluding tert-OH is 1. The fraction of sp³-hybridized carbons (Fsp3) is 0.333. The molecule has 0 saturated carbocycles. The van der Waals surface area contributed by atoms with E-state index in [0.29, 0.717) is 13.1 Å². The average Bonchev–Trinajstić information content (AvgIpc) is 3.21. The summed E-state index contributed by atoms with van der Waals surface area (Å²) in [4.78, 5) is 9.48. The van der Waals surface area contributed by atoms with E-state index in [0.717, 1.165) is 43.9 Å². The first kappa shape index (κ1) is 19.4. The third-order valence-corrected chi connectivity index (χ3v) is 6.29. The van der Waals surface area contributed by atoms with Crippen LogP contribution in [-0.2, 0) is 13.1 Å². The molecule has 2 aromatic heterocycles. The summed E-state index contributed by atoms with van der Waals surface area (Å²) < 4.78 is 4.28. The lowest BCUT2D eigenvalue weighted by molar-refractivity contribution is 0.131. The second-order valence-electron chi connectivity index (χ2n) is 6.51. The van der Waals surface area contributed by atoms with E-state index in [-0.39, 0.29) is 0 Å². The number of thioether (sulfide) groups is 2. The number of nitrogens with zero attached hydrogens (tertiary/aromatic N) is 4. The molecule has 0 aliphatic heterocycles. The second-order valence-corrected chi connectivity index (χ2v) is 8.97. The van der Waals surface area contributed by atoms with Gasteiger partial charge in [0, 0.05) is 0 Å². The smallest absolute Gasteiger partial charge is 0.169 e. The first-order valence-electron chi connectivity index (χ1n) is 9.55.